The summed E-state index contributed by atoms with van der Waals surface area (Å²) in [5.74, 6) is 1.42. The summed E-state index contributed by atoms with van der Waals surface area (Å²) in [7, 11) is 0. The van der Waals surface area contributed by atoms with Crippen molar-refractivity contribution in [1.82, 2.24) is 14.8 Å². The van der Waals surface area contributed by atoms with Gasteiger partial charge >= 0.3 is 0 Å². The molecule has 100 valence electrons. The molecule has 0 aliphatic heterocycles. The number of ether oxygens (including phenoxy) is 1. The molecule has 6 nitrogen and oxygen atoms in total. The Balaban J connectivity index is 2.16. The number of aromatic nitrogens is 3. The highest BCUT2D eigenvalue weighted by Crippen LogP contribution is 2.19. The van der Waals surface area contributed by atoms with Gasteiger partial charge in [-0.3, -0.25) is 0 Å². The number of aryl methyl sites for hydroxylation is 1. The molecule has 0 aliphatic rings. The third-order valence-corrected chi connectivity index (χ3v) is 2.78. The van der Waals surface area contributed by atoms with Gasteiger partial charge in [-0.25, -0.2) is 9.67 Å². The highest BCUT2D eigenvalue weighted by Gasteiger charge is 2.09. The van der Waals surface area contributed by atoms with Gasteiger partial charge in [0.1, 0.15) is 18.7 Å². The number of hydrogen-bond donors (Lipinski definition) is 1. The summed E-state index contributed by atoms with van der Waals surface area (Å²) in [6.07, 6.45) is 1.51. The van der Waals surface area contributed by atoms with Crippen LogP contribution >= 0.6 is 0 Å². The molecule has 6 heteroatoms. The Bertz CT molecular complexity index is 578. The molecule has 0 aliphatic carbocycles. The zero-order valence-electron chi connectivity index (χ0n) is 10.9. The molecule has 0 fully saturated rings. The number of para-hydroxylation sites is 1. The molecule has 1 heterocycles. The number of nitrogens with zero attached hydrogens (tertiary/aromatic N) is 4. The van der Waals surface area contributed by atoms with Crippen LogP contribution in [0.15, 0.2) is 35.7 Å². The lowest BCUT2D eigenvalue weighted by Gasteiger charge is -2.10. The first-order valence-corrected chi connectivity index (χ1v) is 6.03. The Hall–Kier alpha value is -2.37. The fourth-order valence-electron chi connectivity index (χ4n) is 1.75. The van der Waals surface area contributed by atoms with Crippen molar-refractivity contribution >= 4 is 5.71 Å². The second-order valence-electron chi connectivity index (χ2n) is 3.96. The van der Waals surface area contributed by atoms with Crippen LogP contribution in [0, 0.1) is 0 Å². The summed E-state index contributed by atoms with van der Waals surface area (Å²) < 4.78 is 7.51. The first kappa shape index (κ1) is 13.1. The molecule has 0 spiro atoms. The van der Waals surface area contributed by atoms with E-state index in [0.717, 1.165) is 17.9 Å². The Morgan fingerprint density at radius 2 is 2.21 bits per heavy atom. The summed E-state index contributed by atoms with van der Waals surface area (Å²) in [5, 5.41) is 16.1. The molecule has 0 unspecified atom stereocenters. The Labute approximate surface area is 111 Å². The van der Waals surface area contributed by atoms with Crippen molar-refractivity contribution in [3.05, 3.63) is 42.0 Å². The van der Waals surface area contributed by atoms with E-state index in [9.17, 15) is 0 Å². The normalized spacial score (nSPS) is 11.6. The van der Waals surface area contributed by atoms with Gasteiger partial charge in [0.25, 0.3) is 0 Å². The summed E-state index contributed by atoms with van der Waals surface area (Å²) >= 11 is 0. The smallest absolute Gasteiger partial charge is 0.164 e. The van der Waals surface area contributed by atoms with Gasteiger partial charge in [0, 0.05) is 12.1 Å². The standard InChI is InChI=1S/C13H16N4O2/c1-3-17-13(14-9-15-17)8-19-12-7-5-4-6-11(12)10(2)16-18/h4-7,9,18H,3,8H2,1-2H3. The minimum Gasteiger partial charge on any atom is -0.485 e. The SMILES string of the molecule is CCn1ncnc1COc1ccccc1C(C)=NO. The first-order chi connectivity index (χ1) is 9.26. The van der Waals surface area contributed by atoms with E-state index in [2.05, 4.69) is 15.2 Å². The lowest BCUT2D eigenvalue weighted by Crippen LogP contribution is -2.08. The van der Waals surface area contributed by atoms with Crippen LogP contribution in [0.5, 0.6) is 5.75 Å². The maximum Gasteiger partial charge on any atom is 0.164 e. The van der Waals surface area contributed by atoms with Gasteiger partial charge in [-0.2, -0.15) is 5.10 Å². The van der Waals surface area contributed by atoms with Gasteiger partial charge in [0.2, 0.25) is 0 Å². The minimum absolute atomic E-state index is 0.323. The van der Waals surface area contributed by atoms with Crippen LogP contribution in [0.1, 0.15) is 25.2 Å². The van der Waals surface area contributed by atoms with Crippen LogP contribution in [0.25, 0.3) is 0 Å². The number of oxime groups is 1. The van der Waals surface area contributed by atoms with Gasteiger partial charge in [-0.15, -0.1) is 0 Å². The Morgan fingerprint density at radius 1 is 1.42 bits per heavy atom. The lowest BCUT2D eigenvalue weighted by molar-refractivity contribution is 0.286. The summed E-state index contributed by atoms with van der Waals surface area (Å²) in [6.45, 7) is 4.78. The lowest BCUT2D eigenvalue weighted by atomic mass is 10.1. The van der Waals surface area contributed by atoms with Gasteiger partial charge in [-0.1, -0.05) is 17.3 Å². The van der Waals surface area contributed by atoms with Crippen LogP contribution in [-0.4, -0.2) is 25.7 Å². The molecule has 1 aromatic carbocycles. The molecule has 0 saturated heterocycles. The highest BCUT2D eigenvalue weighted by molar-refractivity contribution is 6.00. The van der Waals surface area contributed by atoms with Crippen molar-refractivity contribution in [1.29, 1.82) is 0 Å². The molecule has 0 bridgehead atoms. The number of benzene rings is 1. The van der Waals surface area contributed by atoms with Crippen LogP contribution in [0.3, 0.4) is 0 Å². The summed E-state index contributed by atoms with van der Waals surface area (Å²) in [4.78, 5) is 4.14. The number of hydrogen-bond acceptors (Lipinski definition) is 5. The molecule has 2 rings (SSSR count). The Morgan fingerprint density at radius 3 is 2.95 bits per heavy atom. The van der Waals surface area contributed by atoms with Crippen LogP contribution in [0.4, 0.5) is 0 Å². The average Bonchev–Trinajstić information content (AvgIpc) is 2.92. The van der Waals surface area contributed by atoms with Gasteiger partial charge in [0.05, 0.1) is 5.71 Å². The molecule has 1 aromatic heterocycles. The molecule has 0 saturated carbocycles. The van der Waals surface area contributed by atoms with Crippen LogP contribution in [0.2, 0.25) is 0 Å². The molecule has 2 aromatic rings. The van der Waals surface area contributed by atoms with Gasteiger partial charge in [-0.05, 0) is 26.0 Å². The molecule has 1 N–H and O–H groups in total. The third kappa shape index (κ3) is 2.90. The van der Waals surface area contributed by atoms with Crippen molar-refractivity contribution in [3.63, 3.8) is 0 Å². The van der Waals surface area contributed by atoms with E-state index in [4.69, 9.17) is 9.94 Å². The average molecular weight is 260 g/mol. The second-order valence-corrected chi connectivity index (χ2v) is 3.96. The van der Waals surface area contributed by atoms with Crippen molar-refractivity contribution in [2.24, 2.45) is 5.16 Å². The molecule has 19 heavy (non-hydrogen) atoms. The quantitative estimate of drug-likeness (QED) is 0.507. The fourth-order valence-corrected chi connectivity index (χ4v) is 1.75. The van der Waals surface area contributed by atoms with Crippen molar-refractivity contribution < 1.29 is 9.94 Å². The van der Waals surface area contributed by atoms with Crippen LogP contribution in [-0.2, 0) is 13.2 Å². The first-order valence-electron chi connectivity index (χ1n) is 6.03. The van der Waals surface area contributed by atoms with Gasteiger partial charge in [0.15, 0.2) is 5.82 Å². The zero-order chi connectivity index (χ0) is 13.7. The van der Waals surface area contributed by atoms with E-state index < -0.39 is 0 Å². The second kappa shape index (κ2) is 5.99. The monoisotopic (exact) mass is 260 g/mol. The third-order valence-electron chi connectivity index (χ3n) is 2.78. The highest BCUT2D eigenvalue weighted by atomic mass is 16.5. The molecular weight excluding hydrogens is 244 g/mol. The van der Waals surface area contributed by atoms with Crippen molar-refractivity contribution in [3.8, 4) is 5.75 Å². The molecule has 0 radical (unpaired) electrons. The molecule has 0 atom stereocenters. The van der Waals surface area contributed by atoms with Gasteiger partial charge < -0.3 is 9.94 Å². The zero-order valence-corrected chi connectivity index (χ0v) is 10.9. The van der Waals surface area contributed by atoms with E-state index in [1.165, 1.54) is 6.33 Å². The van der Waals surface area contributed by atoms with E-state index in [1.54, 1.807) is 11.6 Å². The van der Waals surface area contributed by atoms with E-state index in [0.29, 0.717) is 18.1 Å². The van der Waals surface area contributed by atoms with Crippen LogP contribution < -0.4 is 4.74 Å². The van der Waals surface area contributed by atoms with E-state index in [-0.39, 0.29) is 0 Å². The maximum absolute atomic E-state index is 8.85. The largest absolute Gasteiger partial charge is 0.485 e. The predicted molar refractivity (Wildman–Crippen MR) is 70.5 cm³/mol. The molecular formula is C13H16N4O2. The van der Waals surface area contributed by atoms with Crippen molar-refractivity contribution in [2.45, 2.75) is 27.0 Å². The topological polar surface area (TPSA) is 72.5 Å². The summed E-state index contributed by atoms with van der Waals surface area (Å²) in [6, 6.07) is 7.41. The Kier molecular flexibility index (Phi) is 4.12. The van der Waals surface area contributed by atoms with E-state index in [1.807, 2.05) is 31.2 Å². The number of rotatable bonds is 5. The summed E-state index contributed by atoms with van der Waals surface area (Å²) in [5.41, 5.74) is 1.26. The van der Waals surface area contributed by atoms with Crippen molar-refractivity contribution in [2.75, 3.05) is 0 Å². The fraction of sp³-hybridized carbons (Fsp3) is 0.308. The van der Waals surface area contributed by atoms with E-state index >= 15 is 0 Å². The minimum atomic E-state index is 0.323. The maximum atomic E-state index is 8.85. The predicted octanol–water partition coefficient (Wildman–Crippen LogP) is 2.08. The molecule has 0 amide bonds.